The molecule has 0 spiro atoms. The second-order valence-electron chi connectivity index (χ2n) is 4.75. The molecule has 22 heavy (non-hydrogen) atoms. The van der Waals surface area contributed by atoms with Gasteiger partial charge in [0, 0.05) is 16.2 Å². The van der Waals surface area contributed by atoms with Crippen LogP contribution in [0.25, 0.3) is 10.7 Å². The first-order valence-electron chi connectivity index (χ1n) is 6.91. The summed E-state index contributed by atoms with van der Waals surface area (Å²) in [6, 6.07) is 5.81. The van der Waals surface area contributed by atoms with E-state index >= 15 is 0 Å². The average molecular weight is 333 g/mol. The predicted octanol–water partition coefficient (Wildman–Crippen LogP) is 3.91. The topological polar surface area (TPSA) is 68.0 Å². The normalized spacial score (nSPS) is 10.8. The van der Waals surface area contributed by atoms with Gasteiger partial charge in [0.25, 0.3) is 0 Å². The van der Waals surface area contributed by atoms with Gasteiger partial charge in [0.15, 0.2) is 0 Å². The third-order valence-corrected chi connectivity index (χ3v) is 5.02. The van der Waals surface area contributed by atoms with Crippen LogP contribution in [0.15, 0.2) is 28.1 Å². The van der Waals surface area contributed by atoms with Crippen LogP contribution in [0.1, 0.15) is 22.6 Å². The lowest BCUT2D eigenvalue weighted by Crippen LogP contribution is -2.13. The first-order chi connectivity index (χ1) is 10.7. The smallest absolute Gasteiger partial charge is 0.229 e. The number of carbonyl (C=O) groups is 1. The fourth-order valence-corrected chi connectivity index (χ4v) is 3.59. The minimum absolute atomic E-state index is 0.0164. The van der Waals surface area contributed by atoms with E-state index in [0.29, 0.717) is 24.6 Å². The fourth-order valence-electron chi connectivity index (χ4n) is 1.98. The van der Waals surface area contributed by atoms with Gasteiger partial charge in [-0.15, -0.1) is 22.7 Å². The van der Waals surface area contributed by atoms with E-state index in [4.69, 9.17) is 4.52 Å². The second kappa shape index (κ2) is 6.41. The highest BCUT2D eigenvalue weighted by Gasteiger charge is 2.14. The molecule has 7 heteroatoms. The van der Waals surface area contributed by atoms with Crippen LogP contribution < -0.4 is 5.32 Å². The molecule has 3 heterocycles. The molecule has 0 aliphatic heterocycles. The van der Waals surface area contributed by atoms with Crippen molar-refractivity contribution in [1.82, 2.24) is 10.1 Å². The molecule has 114 valence electrons. The molecular weight excluding hydrogens is 318 g/mol. The number of rotatable bonds is 5. The summed E-state index contributed by atoms with van der Waals surface area (Å²) in [6.45, 7) is 3.93. The fraction of sp³-hybridized carbons (Fsp3) is 0.267. The summed E-state index contributed by atoms with van der Waals surface area (Å²) in [5.41, 5.74) is 0.810. The SMILES string of the molecule is CCc1nc(-c2cc(NC(=O)Cc3cccs3)c(C)s2)no1. The monoisotopic (exact) mass is 333 g/mol. The molecule has 0 aliphatic carbocycles. The number of aromatic nitrogens is 2. The van der Waals surface area contributed by atoms with Crippen molar-refractivity contribution in [3.05, 3.63) is 39.2 Å². The lowest BCUT2D eigenvalue weighted by Gasteiger charge is -2.02. The molecule has 0 aliphatic rings. The second-order valence-corrected chi connectivity index (χ2v) is 7.04. The Labute approximate surface area is 136 Å². The third-order valence-electron chi connectivity index (χ3n) is 3.10. The molecular formula is C15H15N3O2S2. The molecule has 3 rings (SSSR count). The van der Waals surface area contributed by atoms with E-state index in [1.807, 2.05) is 37.4 Å². The van der Waals surface area contributed by atoms with Crippen LogP contribution in [-0.4, -0.2) is 16.0 Å². The van der Waals surface area contributed by atoms with Crippen LogP contribution in [0.2, 0.25) is 0 Å². The first kappa shape index (κ1) is 14.9. The Morgan fingerprint density at radius 3 is 3.00 bits per heavy atom. The molecule has 0 saturated heterocycles. The molecule has 3 aromatic rings. The number of carbonyl (C=O) groups excluding carboxylic acids is 1. The minimum Gasteiger partial charge on any atom is -0.339 e. The number of thiophene rings is 2. The summed E-state index contributed by atoms with van der Waals surface area (Å²) in [4.78, 5) is 19.4. The molecule has 0 saturated carbocycles. The van der Waals surface area contributed by atoms with Crippen LogP contribution in [0.4, 0.5) is 5.69 Å². The van der Waals surface area contributed by atoms with E-state index in [2.05, 4.69) is 15.5 Å². The molecule has 1 amide bonds. The lowest BCUT2D eigenvalue weighted by molar-refractivity contribution is -0.115. The van der Waals surface area contributed by atoms with Gasteiger partial charge in [0.1, 0.15) is 0 Å². The summed E-state index contributed by atoms with van der Waals surface area (Å²) in [6.07, 6.45) is 1.10. The van der Waals surface area contributed by atoms with Crippen molar-refractivity contribution < 1.29 is 9.32 Å². The van der Waals surface area contributed by atoms with E-state index in [0.717, 1.165) is 20.3 Å². The highest BCUT2D eigenvalue weighted by Crippen LogP contribution is 2.32. The molecule has 0 aromatic carbocycles. The van der Waals surface area contributed by atoms with E-state index in [1.165, 1.54) is 0 Å². The molecule has 3 aromatic heterocycles. The highest BCUT2D eigenvalue weighted by molar-refractivity contribution is 7.16. The van der Waals surface area contributed by atoms with Crippen molar-refractivity contribution in [3.8, 4) is 10.7 Å². The molecule has 0 unspecified atom stereocenters. The number of hydrogen-bond donors (Lipinski definition) is 1. The highest BCUT2D eigenvalue weighted by atomic mass is 32.1. The molecule has 0 fully saturated rings. The van der Waals surface area contributed by atoms with Crippen molar-refractivity contribution in [1.29, 1.82) is 0 Å². The van der Waals surface area contributed by atoms with Gasteiger partial charge in [-0.1, -0.05) is 18.1 Å². The predicted molar refractivity (Wildman–Crippen MR) is 88.4 cm³/mol. The van der Waals surface area contributed by atoms with Gasteiger partial charge in [-0.25, -0.2) is 0 Å². The molecule has 0 atom stereocenters. The van der Waals surface area contributed by atoms with Crippen LogP contribution in [0.3, 0.4) is 0 Å². The van der Waals surface area contributed by atoms with E-state index in [9.17, 15) is 4.79 Å². The van der Waals surface area contributed by atoms with Crippen LogP contribution in [-0.2, 0) is 17.6 Å². The van der Waals surface area contributed by atoms with E-state index < -0.39 is 0 Å². The number of aryl methyl sites for hydroxylation is 2. The van der Waals surface area contributed by atoms with Crippen LogP contribution >= 0.6 is 22.7 Å². The van der Waals surface area contributed by atoms with Gasteiger partial charge in [0.2, 0.25) is 17.6 Å². The third kappa shape index (κ3) is 3.26. The standard InChI is InChI=1S/C15H15N3O2S2/c1-3-14-17-15(18-20-14)12-8-11(9(2)22-12)16-13(19)7-10-5-4-6-21-10/h4-6,8H,3,7H2,1-2H3,(H,16,19). The van der Waals surface area contributed by atoms with Crippen LogP contribution in [0, 0.1) is 6.92 Å². The summed E-state index contributed by atoms with van der Waals surface area (Å²) in [5.74, 6) is 1.17. The van der Waals surface area contributed by atoms with Crippen LogP contribution in [0.5, 0.6) is 0 Å². The zero-order valence-corrected chi connectivity index (χ0v) is 13.9. The number of amides is 1. The van der Waals surface area contributed by atoms with Gasteiger partial charge in [-0.05, 0) is 24.4 Å². The zero-order chi connectivity index (χ0) is 15.5. The first-order valence-corrected chi connectivity index (χ1v) is 8.61. The van der Waals surface area contributed by atoms with Gasteiger partial charge in [0.05, 0.1) is 17.0 Å². The molecule has 1 N–H and O–H groups in total. The maximum Gasteiger partial charge on any atom is 0.229 e. The number of anilines is 1. The maximum absolute atomic E-state index is 12.1. The Morgan fingerprint density at radius 1 is 1.45 bits per heavy atom. The average Bonchev–Trinajstić information content (AvgIpc) is 3.21. The summed E-state index contributed by atoms with van der Waals surface area (Å²) >= 11 is 3.13. The lowest BCUT2D eigenvalue weighted by atomic mass is 10.3. The zero-order valence-electron chi connectivity index (χ0n) is 12.3. The van der Waals surface area contributed by atoms with Gasteiger partial charge >= 0.3 is 0 Å². The summed E-state index contributed by atoms with van der Waals surface area (Å²) < 4.78 is 5.13. The van der Waals surface area contributed by atoms with Crippen molar-refractivity contribution in [2.45, 2.75) is 26.7 Å². The largest absolute Gasteiger partial charge is 0.339 e. The van der Waals surface area contributed by atoms with Crippen molar-refractivity contribution >= 4 is 34.3 Å². The van der Waals surface area contributed by atoms with Crippen molar-refractivity contribution in [2.24, 2.45) is 0 Å². The quantitative estimate of drug-likeness (QED) is 0.768. The number of nitrogens with zero attached hydrogens (tertiary/aromatic N) is 2. The maximum atomic E-state index is 12.1. The Kier molecular flexibility index (Phi) is 4.35. The molecule has 5 nitrogen and oxygen atoms in total. The van der Waals surface area contributed by atoms with Crippen molar-refractivity contribution in [3.63, 3.8) is 0 Å². The Morgan fingerprint density at radius 2 is 2.32 bits per heavy atom. The van der Waals surface area contributed by atoms with Gasteiger partial charge in [-0.2, -0.15) is 4.98 Å². The minimum atomic E-state index is -0.0164. The van der Waals surface area contributed by atoms with Gasteiger partial charge in [-0.3, -0.25) is 4.79 Å². The Hall–Kier alpha value is -1.99. The Bertz CT molecular complexity index is 775. The van der Waals surface area contributed by atoms with Crippen molar-refractivity contribution in [2.75, 3.05) is 5.32 Å². The summed E-state index contributed by atoms with van der Waals surface area (Å²) in [7, 11) is 0. The van der Waals surface area contributed by atoms with E-state index in [-0.39, 0.29) is 5.91 Å². The Balaban J connectivity index is 1.73. The number of hydrogen-bond acceptors (Lipinski definition) is 6. The molecule has 0 bridgehead atoms. The van der Waals surface area contributed by atoms with E-state index in [1.54, 1.807) is 22.7 Å². The van der Waals surface area contributed by atoms with Gasteiger partial charge < -0.3 is 9.84 Å². The molecule has 0 radical (unpaired) electrons. The summed E-state index contributed by atoms with van der Waals surface area (Å²) in [5, 5.41) is 8.89. The number of nitrogens with one attached hydrogen (secondary N) is 1.